The van der Waals surface area contributed by atoms with Gasteiger partial charge in [0.25, 0.3) is 0 Å². The zero-order valence-electron chi connectivity index (χ0n) is 12.8. The van der Waals surface area contributed by atoms with Crippen LogP contribution in [0.25, 0.3) is 0 Å². The Balaban J connectivity index is 2.04. The van der Waals surface area contributed by atoms with Gasteiger partial charge in [0.1, 0.15) is 6.61 Å². The molecule has 21 heavy (non-hydrogen) atoms. The molecule has 1 atom stereocenters. The summed E-state index contributed by atoms with van der Waals surface area (Å²) >= 11 is 1.69. The number of aryl methyl sites for hydroxylation is 1. The Morgan fingerprint density at radius 2 is 2.14 bits per heavy atom. The highest BCUT2D eigenvalue weighted by Gasteiger charge is 2.09. The molecule has 0 aliphatic heterocycles. The van der Waals surface area contributed by atoms with E-state index in [9.17, 15) is 0 Å². The van der Waals surface area contributed by atoms with Gasteiger partial charge < -0.3 is 15.2 Å². The van der Waals surface area contributed by atoms with Crippen LogP contribution in [-0.2, 0) is 13.0 Å². The van der Waals surface area contributed by atoms with Crippen LogP contribution in [0.4, 0.5) is 0 Å². The van der Waals surface area contributed by atoms with Gasteiger partial charge in [0.2, 0.25) is 0 Å². The van der Waals surface area contributed by atoms with Crippen molar-refractivity contribution in [2.75, 3.05) is 7.11 Å². The highest BCUT2D eigenvalue weighted by molar-refractivity contribution is 7.09. The Bertz CT molecular complexity index is 581. The van der Waals surface area contributed by atoms with E-state index >= 15 is 0 Å². The van der Waals surface area contributed by atoms with E-state index in [0.717, 1.165) is 29.1 Å². The average Bonchev–Trinajstić information content (AvgIpc) is 2.93. The number of benzene rings is 1. The quantitative estimate of drug-likeness (QED) is 0.847. The van der Waals surface area contributed by atoms with E-state index in [-0.39, 0.29) is 6.04 Å². The lowest BCUT2D eigenvalue weighted by molar-refractivity contribution is 0.281. The number of nitrogens with two attached hydrogens (primary N) is 1. The molecule has 0 aliphatic rings. The molecule has 0 fully saturated rings. The third-order valence-corrected chi connectivity index (χ3v) is 4.11. The molecule has 0 amide bonds. The van der Waals surface area contributed by atoms with Crippen LogP contribution in [0.1, 0.15) is 42.6 Å². The Morgan fingerprint density at radius 3 is 2.81 bits per heavy atom. The molecule has 5 heteroatoms. The van der Waals surface area contributed by atoms with Gasteiger partial charge in [-0.05, 0) is 37.5 Å². The first-order valence-electron chi connectivity index (χ1n) is 7.13. The summed E-state index contributed by atoms with van der Waals surface area (Å²) in [6.45, 7) is 4.55. The largest absolute Gasteiger partial charge is 0.493 e. The summed E-state index contributed by atoms with van der Waals surface area (Å²) in [7, 11) is 1.63. The molecule has 0 saturated carbocycles. The van der Waals surface area contributed by atoms with Crippen LogP contribution in [0.15, 0.2) is 23.6 Å². The highest BCUT2D eigenvalue weighted by atomic mass is 32.1. The molecule has 0 saturated heterocycles. The molecule has 0 spiro atoms. The predicted molar refractivity (Wildman–Crippen MR) is 86.0 cm³/mol. The van der Waals surface area contributed by atoms with Crippen LogP contribution < -0.4 is 15.2 Å². The van der Waals surface area contributed by atoms with Gasteiger partial charge in [0.05, 0.1) is 17.8 Å². The molecule has 2 N–H and O–H groups in total. The maximum atomic E-state index is 5.88. The SMILES string of the molecule is CCCc1nc(COc2ccc(C(C)N)cc2OC)cs1. The number of thiazole rings is 1. The van der Waals surface area contributed by atoms with Crippen LogP contribution in [-0.4, -0.2) is 12.1 Å². The van der Waals surface area contributed by atoms with Crippen molar-refractivity contribution in [3.8, 4) is 11.5 Å². The lowest BCUT2D eigenvalue weighted by Crippen LogP contribution is -2.06. The fourth-order valence-electron chi connectivity index (χ4n) is 1.98. The maximum absolute atomic E-state index is 5.88. The molecule has 0 bridgehead atoms. The summed E-state index contributed by atoms with van der Waals surface area (Å²) in [4.78, 5) is 4.55. The maximum Gasteiger partial charge on any atom is 0.161 e. The highest BCUT2D eigenvalue weighted by Crippen LogP contribution is 2.30. The van der Waals surface area contributed by atoms with E-state index in [0.29, 0.717) is 18.1 Å². The van der Waals surface area contributed by atoms with Gasteiger partial charge in [-0.2, -0.15) is 0 Å². The van der Waals surface area contributed by atoms with Crippen LogP contribution in [0.5, 0.6) is 11.5 Å². The van der Waals surface area contributed by atoms with Gasteiger partial charge in [0, 0.05) is 11.4 Å². The van der Waals surface area contributed by atoms with Crippen molar-refractivity contribution < 1.29 is 9.47 Å². The van der Waals surface area contributed by atoms with Crippen molar-refractivity contribution in [3.05, 3.63) is 39.8 Å². The van der Waals surface area contributed by atoms with Gasteiger partial charge in [0.15, 0.2) is 11.5 Å². The van der Waals surface area contributed by atoms with Crippen molar-refractivity contribution >= 4 is 11.3 Å². The number of hydrogen-bond acceptors (Lipinski definition) is 5. The molecule has 2 rings (SSSR count). The van der Waals surface area contributed by atoms with Crippen molar-refractivity contribution in [3.63, 3.8) is 0 Å². The van der Waals surface area contributed by atoms with Crippen LogP contribution in [0.3, 0.4) is 0 Å². The first-order chi connectivity index (χ1) is 10.1. The number of nitrogens with zero attached hydrogens (tertiary/aromatic N) is 1. The smallest absolute Gasteiger partial charge is 0.161 e. The Labute approximate surface area is 129 Å². The monoisotopic (exact) mass is 306 g/mol. The van der Waals surface area contributed by atoms with Crippen LogP contribution in [0, 0.1) is 0 Å². The van der Waals surface area contributed by atoms with E-state index in [1.807, 2.05) is 30.5 Å². The Hall–Kier alpha value is -1.59. The second-order valence-corrected chi connectivity index (χ2v) is 5.91. The topological polar surface area (TPSA) is 57.4 Å². The van der Waals surface area contributed by atoms with Crippen LogP contribution >= 0.6 is 11.3 Å². The third kappa shape index (κ3) is 4.19. The number of rotatable bonds is 7. The summed E-state index contributed by atoms with van der Waals surface area (Å²) in [5, 5.41) is 3.21. The minimum Gasteiger partial charge on any atom is -0.493 e. The summed E-state index contributed by atoms with van der Waals surface area (Å²) in [5.74, 6) is 1.42. The number of hydrogen-bond donors (Lipinski definition) is 1. The lowest BCUT2D eigenvalue weighted by atomic mass is 10.1. The van der Waals surface area contributed by atoms with Gasteiger partial charge in [-0.1, -0.05) is 13.0 Å². The molecule has 1 unspecified atom stereocenters. The van der Waals surface area contributed by atoms with Crippen molar-refractivity contribution in [1.29, 1.82) is 0 Å². The van der Waals surface area contributed by atoms with Gasteiger partial charge in [-0.15, -0.1) is 11.3 Å². The van der Waals surface area contributed by atoms with Gasteiger partial charge in [-0.3, -0.25) is 0 Å². The standard InChI is InChI=1S/C16H22N2O2S/c1-4-5-16-18-13(10-21-16)9-20-14-7-6-12(11(2)17)8-15(14)19-3/h6-8,10-11H,4-5,9,17H2,1-3H3. The molecule has 1 aromatic carbocycles. The normalized spacial score (nSPS) is 12.2. The van der Waals surface area contributed by atoms with E-state index < -0.39 is 0 Å². The van der Waals surface area contributed by atoms with E-state index in [1.54, 1.807) is 18.4 Å². The molecular formula is C16H22N2O2S. The second kappa shape index (κ2) is 7.43. The second-order valence-electron chi connectivity index (χ2n) is 4.97. The lowest BCUT2D eigenvalue weighted by Gasteiger charge is -2.13. The molecule has 0 radical (unpaired) electrons. The average molecular weight is 306 g/mol. The molecule has 2 aromatic rings. The van der Waals surface area contributed by atoms with Gasteiger partial charge in [-0.25, -0.2) is 4.98 Å². The third-order valence-electron chi connectivity index (χ3n) is 3.15. The molecular weight excluding hydrogens is 284 g/mol. The Kier molecular flexibility index (Phi) is 5.59. The summed E-state index contributed by atoms with van der Waals surface area (Å²) < 4.78 is 11.2. The van der Waals surface area contributed by atoms with Crippen molar-refractivity contribution in [2.24, 2.45) is 5.73 Å². The van der Waals surface area contributed by atoms with Crippen LogP contribution in [0.2, 0.25) is 0 Å². The summed E-state index contributed by atoms with van der Waals surface area (Å²) in [6, 6.07) is 5.76. The zero-order chi connectivity index (χ0) is 15.2. The molecule has 1 aromatic heterocycles. The Morgan fingerprint density at radius 1 is 1.33 bits per heavy atom. The number of methoxy groups -OCH3 is 1. The molecule has 1 heterocycles. The number of aromatic nitrogens is 1. The van der Waals surface area contributed by atoms with Crippen molar-refractivity contribution in [2.45, 2.75) is 39.3 Å². The molecule has 0 aliphatic carbocycles. The fourth-order valence-corrected chi connectivity index (χ4v) is 2.87. The van der Waals surface area contributed by atoms with Crippen molar-refractivity contribution in [1.82, 2.24) is 4.98 Å². The summed E-state index contributed by atoms with van der Waals surface area (Å²) in [5.41, 5.74) is 7.86. The molecule has 4 nitrogen and oxygen atoms in total. The van der Waals surface area contributed by atoms with E-state index in [1.165, 1.54) is 0 Å². The van der Waals surface area contributed by atoms with E-state index in [4.69, 9.17) is 15.2 Å². The van der Waals surface area contributed by atoms with E-state index in [2.05, 4.69) is 11.9 Å². The first-order valence-corrected chi connectivity index (χ1v) is 8.01. The summed E-state index contributed by atoms with van der Waals surface area (Å²) in [6.07, 6.45) is 2.14. The first kappa shape index (κ1) is 15.8. The minimum absolute atomic E-state index is 0.0249. The fraction of sp³-hybridized carbons (Fsp3) is 0.438. The minimum atomic E-state index is -0.0249. The number of ether oxygens (including phenoxy) is 2. The predicted octanol–water partition coefficient (Wildman–Crippen LogP) is 3.70. The molecule has 114 valence electrons. The zero-order valence-corrected chi connectivity index (χ0v) is 13.6. The van der Waals surface area contributed by atoms with Gasteiger partial charge >= 0.3 is 0 Å².